The second kappa shape index (κ2) is 5.91. The number of nitrogens with one attached hydrogen (secondary N) is 1. The molecule has 3 nitrogen and oxygen atoms in total. The van der Waals surface area contributed by atoms with Crippen LogP contribution in [0, 0.1) is 5.41 Å². The second-order valence-corrected chi connectivity index (χ2v) is 8.50. The van der Waals surface area contributed by atoms with Gasteiger partial charge in [0.05, 0.1) is 4.75 Å². The Hall–Kier alpha value is -0.0900. The molecule has 0 saturated heterocycles. The van der Waals surface area contributed by atoms with Gasteiger partial charge in [-0.3, -0.25) is 0 Å². The summed E-state index contributed by atoms with van der Waals surface area (Å²) in [6, 6.07) is 0. The van der Waals surface area contributed by atoms with Crippen molar-refractivity contribution < 1.29 is 8.42 Å². The highest BCUT2D eigenvalue weighted by Crippen LogP contribution is 2.57. The van der Waals surface area contributed by atoms with Crippen molar-refractivity contribution in [1.82, 2.24) is 5.32 Å². The molecule has 0 spiro atoms. The normalized spacial score (nSPS) is 21.6. The van der Waals surface area contributed by atoms with Crippen molar-refractivity contribution in [2.24, 2.45) is 5.41 Å². The Balaban J connectivity index is 2.81. The Kier molecular flexibility index (Phi) is 5.24. The molecule has 1 saturated carbocycles. The Morgan fingerprint density at radius 2 is 1.56 bits per heavy atom. The van der Waals surface area contributed by atoms with E-state index in [0.29, 0.717) is 12.0 Å². The fraction of sp³-hybridized carbons (Fsp3) is 1.00. The summed E-state index contributed by atoms with van der Waals surface area (Å²) in [5.41, 5.74) is 0.294. The summed E-state index contributed by atoms with van der Waals surface area (Å²) in [5.74, 6) is 0. The molecule has 1 N–H and O–H groups in total. The van der Waals surface area contributed by atoms with E-state index in [4.69, 9.17) is 0 Å². The number of sulfone groups is 1. The Morgan fingerprint density at radius 1 is 1.06 bits per heavy atom. The Bertz CT molecular complexity index is 348. The van der Waals surface area contributed by atoms with E-state index in [1.54, 1.807) is 0 Å². The molecule has 0 heterocycles. The molecule has 0 aliphatic heterocycles. The van der Waals surface area contributed by atoms with E-state index < -0.39 is 14.6 Å². The van der Waals surface area contributed by atoms with Crippen molar-refractivity contribution in [2.75, 3.05) is 19.3 Å². The average Bonchev–Trinajstić information content (AvgIpc) is 2.21. The molecule has 18 heavy (non-hydrogen) atoms. The third-order valence-corrected chi connectivity index (χ3v) is 6.44. The van der Waals surface area contributed by atoms with Crippen LogP contribution < -0.4 is 5.32 Å². The highest BCUT2D eigenvalue weighted by molar-refractivity contribution is 7.92. The zero-order valence-electron chi connectivity index (χ0n) is 12.4. The SMILES string of the molecule is CCCC1(CCC)CC(CNCC)(S(C)(=O)=O)C1. The fourth-order valence-electron chi connectivity index (χ4n) is 3.73. The quantitative estimate of drug-likeness (QED) is 0.741. The van der Waals surface area contributed by atoms with Gasteiger partial charge in [0.1, 0.15) is 0 Å². The molecule has 0 aromatic carbocycles. The van der Waals surface area contributed by atoms with E-state index in [9.17, 15) is 8.42 Å². The van der Waals surface area contributed by atoms with Crippen LogP contribution >= 0.6 is 0 Å². The van der Waals surface area contributed by atoms with E-state index in [0.717, 1.165) is 32.2 Å². The smallest absolute Gasteiger partial charge is 0.154 e. The lowest BCUT2D eigenvalue weighted by Gasteiger charge is -2.56. The van der Waals surface area contributed by atoms with Crippen molar-refractivity contribution in [1.29, 1.82) is 0 Å². The van der Waals surface area contributed by atoms with Gasteiger partial charge in [-0.1, -0.05) is 33.6 Å². The lowest BCUT2D eigenvalue weighted by molar-refractivity contribution is 0.0519. The van der Waals surface area contributed by atoms with E-state index >= 15 is 0 Å². The molecule has 0 atom stereocenters. The van der Waals surface area contributed by atoms with Crippen LogP contribution in [0.4, 0.5) is 0 Å². The zero-order chi connectivity index (χ0) is 13.9. The first-order chi connectivity index (χ1) is 8.35. The molecule has 4 heteroatoms. The molecule has 1 fully saturated rings. The predicted molar refractivity (Wildman–Crippen MR) is 77.6 cm³/mol. The third-order valence-electron chi connectivity index (χ3n) is 4.44. The number of hydrogen-bond donors (Lipinski definition) is 1. The molecule has 0 aromatic heterocycles. The van der Waals surface area contributed by atoms with Crippen LogP contribution in [0.25, 0.3) is 0 Å². The summed E-state index contributed by atoms with van der Waals surface area (Å²) in [7, 11) is -2.97. The van der Waals surface area contributed by atoms with Gasteiger partial charge in [0.25, 0.3) is 0 Å². The van der Waals surface area contributed by atoms with E-state index in [1.165, 1.54) is 19.1 Å². The maximum atomic E-state index is 12.1. The second-order valence-electron chi connectivity index (χ2n) is 6.09. The minimum Gasteiger partial charge on any atom is -0.315 e. The van der Waals surface area contributed by atoms with Crippen LogP contribution in [0.1, 0.15) is 59.3 Å². The van der Waals surface area contributed by atoms with Crippen molar-refractivity contribution in [3.05, 3.63) is 0 Å². The van der Waals surface area contributed by atoms with Crippen LogP contribution in [-0.4, -0.2) is 32.5 Å². The van der Waals surface area contributed by atoms with Crippen LogP contribution in [0.5, 0.6) is 0 Å². The summed E-state index contributed by atoms with van der Waals surface area (Å²) in [5, 5.41) is 3.24. The standard InChI is InChI=1S/C14H29NO2S/c1-5-8-13(9-6-2)10-14(11-13,12-15-7-3)18(4,16)17/h15H,5-12H2,1-4H3. The highest BCUT2D eigenvalue weighted by atomic mass is 32.2. The van der Waals surface area contributed by atoms with Gasteiger partial charge in [-0.25, -0.2) is 8.42 Å². The van der Waals surface area contributed by atoms with Gasteiger partial charge < -0.3 is 5.32 Å². The van der Waals surface area contributed by atoms with Crippen LogP contribution in [0.15, 0.2) is 0 Å². The van der Waals surface area contributed by atoms with Gasteiger partial charge in [-0.2, -0.15) is 0 Å². The molecule has 0 bridgehead atoms. The first-order valence-electron chi connectivity index (χ1n) is 7.25. The van der Waals surface area contributed by atoms with Crippen molar-refractivity contribution in [3.8, 4) is 0 Å². The predicted octanol–water partition coefficient (Wildman–Crippen LogP) is 2.76. The molecule has 0 amide bonds. The van der Waals surface area contributed by atoms with Gasteiger partial charge in [0.2, 0.25) is 0 Å². The maximum absolute atomic E-state index is 12.1. The van der Waals surface area contributed by atoms with Crippen LogP contribution in [0.2, 0.25) is 0 Å². The topological polar surface area (TPSA) is 46.2 Å². The molecule has 1 aliphatic carbocycles. The van der Waals surface area contributed by atoms with Gasteiger partial charge in [0.15, 0.2) is 9.84 Å². The molecule has 0 radical (unpaired) electrons. The van der Waals surface area contributed by atoms with Crippen molar-refractivity contribution in [2.45, 2.75) is 64.0 Å². The first-order valence-corrected chi connectivity index (χ1v) is 9.14. The monoisotopic (exact) mass is 275 g/mol. The Labute approximate surface area is 113 Å². The lowest BCUT2D eigenvalue weighted by atomic mass is 9.57. The molecule has 0 unspecified atom stereocenters. The van der Waals surface area contributed by atoms with E-state index in [1.807, 2.05) is 6.92 Å². The number of rotatable bonds is 8. The largest absolute Gasteiger partial charge is 0.315 e. The van der Waals surface area contributed by atoms with Gasteiger partial charge >= 0.3 is 0 Å². The van der Waals surface area contributed by atoms with Crippen molar-refractivity contribution in [3.63, 3.8) is 0 Å². The van der Waals surface area contributed by atoms with Gasteiger partial charge in [-0.05, 0) is 37.6 Å². The summed E-state index contributed by atoms with van der Waals surface area (Å²) in [6.45, 7) is 7.88. The third kappa shape index (κ3) is 3.08. The molecular formula is C14H29NO2S. The highest BCUT2D eigenvalue weighted by Gasteiger charge is 2.58. The molecule has 1 rings (SSSR count). The van der Waals surface area contributed by atoms with E-state index in [2.05, 4.69) is 19.2 Å². The molecule has 0 aromatic rings. The number of hydrogen-bond acceptors (Lipinski definition) is 3. The summed E-state index contributed by atoms with van der Waals surface area (Å²) < 4.78 is 23.7. The zero-order valence-corrected chi connectivity index (χ0v) is 13.2. The minimum absolute atomic E-state index is 0.294. The first kappa shape index (κ1) is 16.0. The molecule has 108 valence electrons. The minimum atomic E-state index is -2.97. The molecular weight excluding hydrogens is 246 g/mol. The van der Waals surface area contributed by atoms with Gasteiger partial charge in [-0.15, -0.1) is 0 Å². The van der Waals surface area contributed by atoms with Crippen LogP contribution in [0.3, 0.4) is 0 Å². The fourth-order valence-corrected chi connectivity index (χ4v) is 5.23. The summed E-state index contributed by atoms with van der Waals surface area (Å²) >= 11 is 0. The molecule has 1 aliphatic rings. The summed E-state index contributed by atoms with van der Waals surface area (Å²) in [4.78, 5) is 0. The van der Waals surface area contributed by atoms with Gasteiger partial charge in [0, 0.05) is 12.8 Å². The summed E-state index contributed by atoms with van der Waals surface area (Å²) in [6.07, 6.45) is 7.77. The van der Waals surface area contributed by atoms with E-state index in [-0.39, 0.29) is 0 Å². The van der Waals surface area contributed by atoms with Crippen molar-refractivity contribution >= 4 is 9.84 Å². The lowest BCUT2D eigenvalue weighted by Crippen LogP contribution is -2.61. The average molecular weight is 275 g/mol. The Morgan fingerprint density at radius 3 is 1.89 bits per heavy atom. The maximum Gasteiger partial charge on any atom is 0.154 e. The van der Waals surface area contributed by atoms with Crippen LogP contribution in [-0.2, 0) is 9.84 Å².